The van der Waals surface area contributed by atoms with Crippen molar-refractivity contribution in [1.29, 1.82) is 0 Å². The molecule has 0 bridgehead atoms. The molecule has 5 nitrogen and oxygen atoms in total. The Morgan fingerprint density at radius 2 is 2.25 bits per heavy atom. The van der Waals surface area contributed by atoms with Crippen LogP contribution in [0.2, 0.25) is 4.34 Å². The quantitative estimate of drug-likeness (QED) is 0.915. The fraction of sp³-hybridized carbons (Fsp3) is 0.417. The Morgan fingerprint density at radius 3 is 2.85 bits per heavy atom. The number of nitrogens with one attached hydrogen (secondary N) is 1. The van der Waals surface area contributed by atoms with Gasteiger partial charge in [0.2, 0.25) is 10.0 Å². The first-order chi connectivity index (χ1) is 9.45. The third-order valence-electron chi connectivity index (χ3n) is 3.22. The number of nitrogens with zero attached hydrogens (tertiary/aromatic N) is 2. The van der Waals surface area contributed by atoms with Gasteiger partial charge in [0.15, 0.2) is 0 Å². The van der Waals surface area contributed by atoms with Crippen molar-refractivity contribution >= 4 is 33.0 Å². The van der Waals surface area contributed by atoms with Gasteiger partial charge in [0.25, 0.3) is 0 Å². The zero-order valence-electron chi connectivity index (χ0n) is 10.8. The van der Waals surface area contributed by atoms with Crippen molar-refractivity contribution in [3.63, 3.8) is 0 Å². The highest BCUT2D eigenvalue weighted by molar-refractivity contribution is 7.91. The Morgan fingerprint density at radius 1 is 1.50 bits per heavy atom. The van der Waals surface area contributed by atoms with E-state index in [0.717, 1.165) is 17.0 Å². The van der Waals surface area contributed by atoms with Crippen LogP contribution >= 0.6 is 22.9 Å². The molecule has 0 atom stereocenters. The largest absolute Gasteiger partial charge is 0.272 e. The molecule has 3 rings (SSSR count). The molecule has 0 unspecified atom stereocenters. The predicted molar refractivity (Wildman–Crippen MR) is 78.5 cm³/mol. The molecule has 108 valence electrons. The standard InChI is InChI=1S/C12H14ClN3O2S2/c1-16-10(8-2-3-8)6-9(15-16)7-14-20(17,18)12-5-4-11(13)19-12/h4-6,8,14H,2-3,7H2,1H3. The number of aryl methyl sites for hydroxylation is 1. The summed E-state index contributed by atoms with van der Waals surface area (Å²) in [6.45, 7) is 0.193. The minimum atomic E-state index is -3.51. The molecular formula is C12H14ClN3O2S2. The third kappa shape index (κ3) is 2.90. The smallest absolute Gasteiger partial charge is 0.250 e. The van der Waals surface area contributed by atoms with E-state index in [9.17, 15) is 8.42 Å². The van der Waals surface area contributed by atoms with Crippen LogP contribution in [0.3, 0.4) is 0 Å². The number of hydrogen-bond donors (Lipinski definition) is 1. The van der Waals surface area contributed by atoms with Crippen LogP contribution < -0.4 is 4.72 Å². The van der Waals surface area contributed by atoms with Gasteiger partial charge >= 0.3 is 0 Å². The summed E-state index contributed by atoms with van der Waals surface area (Å²) in [5.41, 5.74) is 1.92. The van der Waals surface area contributed by atoms with E-state index in [4.69, 9.17) is 11.6 Å². The fourth-order valence-corrected chi connectivity index (χ4v) is 4.60. The van der Waals surface area contributed by atoms with E-state index < -0.39 is 10.0 Å². The topological polar surface area (TPSA) is 64.0 Å². The molecule has 2 aromatic heterocycles. The molecule has 0 amide bonds. The molecule has 0 aliphatic heterocycles. The number of thiophene rings is 1. The van der Waals surface area contributed by atoms with Crippen LogP contribution in [0.15, 0.2) is 22.4 Å². The monoisotopic (exact) mass is 331 g/mol. The zero-order chi connectivity index (χ0) is 14.3. The molecule has 0 radical (unpaired) electrons. The Kier molecular flexibility index (Phi) is 3.62. The Labute approximate surface area is 126 Å². The summed E-state index contributed by atoms with van der Waals surface area (Å²) in [4.78, 5) is 0. The molecule has 0 aromatic carbocycles. The second-order valence-corrected chi connectivity index (χ2v) is 8.55. The van der Waals surface area contributed by atoms with Crippen molar-refractivity contribution in [2.75, 3.05) is 0 Å². The van der Waals surface area contributed by atoms with E-state index in [1.54, 1.807) is 6.07 Å². The highest BCUT2D eigenvalue weighted by Gasteiger charge is 2.27. The van der Waals surface area contributed by atoms with Crippen LogP contribution in [0.5, 0.6) is 0 Å². The molecule has 0 spiro atoms. The van der Waals surface area contributed by atoms with Crippen LogP contribution in [0, 0.1) is 0 Å². The molecule has 2 aromatic rings. The van der Waals surface area contributed by atoms with Gasteiger partial charge in [0, 0.05) is 18.7 Å². The number of aromatic nitrogens is 2. The summed E-state index contributed by atoms with van der Waals surface area (Å²) in [5, 5.41) is 4.34. The molecule has 0 saturated heterocycles. The van der Waals surface area contributed by atoms with Crippen LogP contribution in [0.1, 0.15) is 30.1 Å². The number of halogens is 1. The van der Waals surface area contributed by atoms with Crippen molar-refractivity contribution in [3.05, 3.63) is 33.9 Å². The van der Waals surface area contributed by atoms with E-state index in [-0.39, 0.29) is 10.8 Å². The van der Waals surface area contributed by atoms with E-state index in [1.165, 1.54) is 24.6 Å². The number of rotatable bonds is 5. The van der Waals surface area contributed by atoms with Crippen molar-refractivity contribution in [2.45, 2.75) is 29.5 Å². The molecule has 8 heteroatoms. The molecule has 20 heavy (non-hydrogen) atoms. The average Bonchev–Trinajstić information content (AvgIpc) is 3.02. The summed E-state index contributed by atoms with van der Waals surface area (Å²) >= 11 is 6.80. The first-order valence-electron chi connectivity index (χ1n) is 6.23. The summed E-state index contributed by atoms with van der Waals surface area (Å²) in [6.07, 6.45) is 2.39. The van der Waals surface area contributed by atoms with E-state index in [1.807, 2.05) is 17.8 Å². The lowest BCUT2D eigenvalue weighted by atomic mass is 10.2. The first-order valence-corrected chi connectivity index (χ1v) is 8.91. The van der Waals surface area contributed by atoms with Gasteiger partial charge in [-0.3, -0.25) is 4.68 Å². The van der Waals surface area contributed by atoms with Gasteiger partial charge in [-0.2, -0.15) is 5.10 Å². The Bertz CT molecular complexity index is 732. The molecule has 1 saturated carbocycles. The van der Waals surface area contributed by atoms with Crippen molar-refractivity contribution < 1.29 is 8.42 Å². The average molecular weight is 332 g/mol. The van der Waals surface area contributed by atoms with Gasteiger partial charge in [-0.1, -0.05) is 11.6 Å². The summed E-state index contributed by atoms with van der Waals surface area (Å²) in [6, 6.07) is 5.05. The van der Waals surface area contributed by atoms with E-state index in [2.05, 4.69) is 9.82 Å². The molecule has 1 aliphatic carbocycles. The van der Waals surface area contributed by atoms with Gasteiger partial charge in [-0.05, 0) is 31.0 Å². The van der Waals surface area contributed by atoms with Crippen molar-refractivity contribution in [1.82, 2.24) is 14.5 Å². The lowest BCUT2D eigenvalue weighted by Crippen LogP contribution is -2.22. The zero-order valence-corrected chi connectivity index (χ0v) is 13.2. The van der Waals surface area contributed by atoms with E-state index >= 15 is 0 Å². The van der Waals surface area contributed by atoms with Crippen LogP contribution in [0.4, 0.5) is 0 Å². The maximum Gasteiger partial charge on any atom is 0.250 e. The molecule has 1 fully saturated rings. The Hall–Kier alpha value is -0.890. The van der Waals surface area contributed by atoms with Crippen molar-refractivity contribution in [2.24, 2.45) is 7.05 Å². The van der Waals surface area contributed by atoms with Gasteiger partial charge in [0.1, 0.15) is 4.21 Å². The molecule has 2 heterocycles. The lowest BCUT2D eigenvalue weighted by Gasteiger charge is -2.01. The van der Waals surface area contributed by atoms with Crippen LogP contribution in [0.25, 0.3) is 0 Å². The number of hydrogen-bond acceptors (Lipinski definition) is 4. The van der Waals surface area contributed by atoms with Gasteiger partial charge in [-0.25, -0.2) is 13.1 Å². The Balaban J connectivity index is 1.71. The first kappa shape index (κ1) is 14.1. The van der Waals surface area contributed by atoms with Crippen molar-refractivity contribution in [3.8, 4) is 0 Å². The third-order valence-corrected chi connectivity index (χ3v) is 6.34. The minimum Gasteiger partial charge on any atom is -0.272 e. The minimum absolute atomic E-state index is 0.193. The lowest BCUT2D eigenvalue weighted by molar-refractivity contribution is 0.581. The summed E-state index contributed by atoms with van der Waals surface area (Å²) in [7, 11) is -1.62. The second kappa shape index (κ2) is 5.14. The van der Waals surface area contributed by atoms with Gasteiger partial charge < -0.3 is 0 Å². The SMILES string of the molecule is Cn1nc(CNS(=O)(=O)c2ccc(Cl)s2)cc1C1CC1. The summed E-state index contributed by atoms with van der Waals surface area (Å²) < 4.78 is 29.2. The normalized spacial score (nSPS) is 15.7. The second-order valence-electron chi connectivity index (χ2n) is 4.84. The number of sulfonamides is 1. The van der Waals surface area contributed by atoms with Gasteiger partial charge in [0.05, 0.1) is 16.6 Å². The highest BCUT2D eigenvalue weighted by Crippen LogP contribution is 2.39. The molecular weight excluding hydrogens is 318 g/mol. The van der Waals surface area contributed by atoms with E-state index in [0.29, 0.717) is 10.3 Å². The van der Waals surface area contributed by atoms with Gasteiger partial charge in [-0.15, -0.1) is 11.3 Å². The summed E-state index contributed by atoms with van der Waals surface area (Å²) in [5.74, 6) is 0.592. The van der Waals surface area contributed by atoms with Crippen LogP contribution in [-0.4, -0.2) is 18.2 Å². The van der Waals surface area contributed by atoms with Crippen LogP contribution in [-0.2, 0) is 23.6 Å². The maximum atomic E-state index is 12.1. The highest BCUT2D eigenvalue weighted by atomic mass is 35.5. The molecule has 1 N–H and O–H groups in total. The fourth-order valence-electron chi connectivity index (χ4n) is 2.07. The molecule has 1 aliphatic rings. The maximum absolute atomic E-state index is 12.1. The predicted octanol–water partition coefficient (Wildman–Crippen LogP) is 2.49.